The largest absolute Gasteiger partial charge is 0.372 e. The van der Waals surface area contributed by atoms with Gasteiger partial charge in [-0.25, -0.2) is 4.98 Å². The molecular weight excluding hydrogens is 328 g/mol. The second kappa shape index (κ2) is 6.06. The molecule has 2 rings (SSSR count). The van der Waals surface area contributed by atoms with Crippen molar-refractivity contribution in [1.29, 1.82) is 0 Å². The maximum Gasteiger partial charge on any atom is 0.151 e. The van der Waals surface area contributed by atoms with Crippen molar-refractivity contribution in [2.45, 2.75) is 0 Å². The molecule has 0 unspecified atom stereocenters. The highest BCUT2D eigenvalue weighted by Crippen LogP contribution is 2.32. The van der Waals surface area contributed by atoms with Gasteiger partial charge in [-0.3, -0.25) is 0 Å². The Balaban J connectivity index is 2.37. The molecule has 0 aliphatic heterocycles. The first kappa shape index (κ1) is 14.5. The number of rotatable bonds is 3. The van der Waals surface area contributed by atoms with Gasteiger partial charge in [0.2, 0.25) is 0 Å². The molecule has 0 spiro atoms. The lowest BCUT2D eigenvalue weighted by molar-refractivity contribution is 1.28. The lowest BCUT2D eigenvalue weighted by Gasteiger charge is -2.11. The Hall–Kier alpha value is -0.870. The van der Waals surface area contributed by atoms with E-state index in [9.17, 15) is 0 Å². The van der Waals surface area contributed by atoms with Gasteiger partial charge >= 0.3 is 0 Å². The Morgan fingerprint density at radius 3 is 2.00 bits per heavy atom. The molecule has 0 aliphatic rings. The maximum absolute atomic E-state index is 6.08. The van der Waals surface area contributed by atoms with E-state index >= 15 is 0 Å². The van der Waals surface area contributed by atoms with Crippen LogP contribution in [0.1, 0.15) is 0 Å². The fraction of sp³-hybridized carbons (Fsp3) is 0.0833. The van der Waals surface area contributed by atoms with E-state index < -0.39 is 0 Å². The highest BCUT2D eigenvalue weighted by atomic mass is 35.5. The monoisotopic (exact) mass is 335 g/mol. The first-order valence-corrected chi connectivity index (χ1v) is 6.77. The lowest BCUT2D eigenvalue weighted by Crippen LogP contribution is -1.99. The summed E-state index contributed by atoms with van der Waals surface area (Å²) in [6, 6.07) is 6.69. The number of anilines is 3. The maximum atomic E-state index is 6.08. The van der Waals surface area contributed by atoms with Crippen LogP contribution in [0.3, 0.4) is 0 Å². The molecular formula is C12H9Cl4N3. The second-order valence-electron chi connectivity index (χ2n) is 3.68. The van der Waals surface area contributed by atoms with Gasteiger partial charge in [-0.15, -0.1) is 0 Å². The van der Waals surface area contributed by atoms with Crippen molar-refractivity contribution < 1.29 is 0 Å². The zero-order valence-electron chi connectivity index (χ0n) is 9.77. The minimum atomic E-state index is 0.403. The molecule has 0 fully saturated rings. The van der Waals surface area contributed by atoms with Gasteiger partial charge < -0.3 is 10.6 Å². The summed E-state index contributed by atoms with van der Waals surface area (Å²) in [5, 5.41) is 7.82. The molecule has 7 heteroatoms. The predicted molar refractivity (Wildman–Crippen MR) is 83.5 cm³/mol. The smallest absolute Gasteiger partial charge is 0.151 e. The minimum Gasteiger partial charge on any atom is -0.372 e. The second-order valence-corrected chi connectivity index (χ2v) is 5.37. The summed E-state index contributed by atoms with van der Waals surface area (Å²) in [5.41, 5.74) is 0.691. The normalized spacial score (nSPS) is 10.4. The van der Waals surface area contributed by atoms with E-state index in [2.05, 4.69) is 15.6 Å². The third-order valence-corrected chi connectivity index (χ3v) is 3.30. The van der Waals surface area contributed by atoms with Crippen LogP contribution in [0, 0.1) is 0 Å². The van der Waals surface area contributed by atoms with Crippen molar-refractivity contribution in [1.82, 2.24) is 4.98 Å². The third kappa shape index (κ3) is 3.57. The van der Waals surface area contributed by atoms with Gasteiger partial charge in [0, 0.05) is 22.8 Å². The number of nitrogens with one attached hydrogen (secondary N) is 2. The number of nitrogens with zero attached hydrogens (tertiary/aromatic N) is 1. The molecule has 1 aromatic heterocycles. The molecule has 2 aromatic rings. The Kier molecular flexibility index (Phi) is 4.63. The summed E-state index contributed by atoms with van der Waals surface area (Å²) < 4.78 is 0. The highest BCUT2D eigenvalue weighted by molar-refractivity contribution is 6.37. The van der Waals surface area contributed by atoms with Gasteiger partial charge in [0.15, 0.2) is 5.82 Å². The molecule has 100 valence electrons. The summed E-state index contributed by atoms with van der Waals surface area (Å²) in [5.74, 6) is 0.996. The first-order valence-electron chi connectivity index (χ1n) is 5.26. The van der Waals surface area contributed by atoms with E-state index in [1.807, 2.05) is 0 Å². The zero-order chi connectivity index (χ0) is 14.0. The quantitative estimate of drug-likeness (QED) is 0.779. The van der Waals surface area contributed by atoms with E-state index in [-0.39, 0.29) is 0 Å². The molecule has 3 nitrogen and oxygen atoms in total. The number of hydrogen-bond donors (Lipinski definition) is 2. The Labute approximate surface area is 130 Å². The Bertz CT molecular complexity index is 596. The van der Waals surface area contributed by atoms with E-state index in [1.165, 1.54) is 0 Å². The Morgan fingerprint density at radius 1 is 0.842 bits per heavy atom. The van der Waals surface area contributed by atoms with Crippen LogP contribution >= 0.6 is 46.4 Å². The summed E-state index contributed by atoms with van der Waals surface area (Å²) in [6.45, 7) is 0. The van der Waals surface area contributed by atoms with Gasteiger partial charge in [0.25, 0.3) is 0 Å². The summed E-state index contributed by atoms with van der Waals surface area (Å²) >= 11 is 23.9. The van der Waals surface area contributed by atoms with Crippen molar-refractivity contribution in [2.24, 2.45) is 0 Å². The molecule has 0 amide bonds. The SMILES string of the molecule is CNc1nc(Nc2cc(Cl)cc(Cl)c2)c(Cl)cc1Cl. The van der Waals surface area contributed by atoms with Crippen molar-refractivity contribution in [3.8, 4) is 0 Å². The van der Waals surface area contributed by atoms with Crippen LogP contribution in [0.25, 0.3) is 0 Å². The number of benzene rings is 1. The van der Waals surface area contributed by atoms with Crippen LogP contribution < -0.4 is 10.6 Å². The highest BCUT2D eigenvalue weighted by Gasteiger charge is 2.09. The van der Waals surface area contributed by atoms with Crippen LogP contribution in [0.5, 0.6) is 0 Å². The van der Waals surface area contributed by atoms with Gasteiger partial charge in [-0.05, 0) is 24.3 Å². The molecule has 2 N–H and O–H groups in total. The summed E-state index contributed by atoms with van der Waals surface area (Å²) in [4.78, 5) is 4.27. The zero-order valence-corrected chi connectivity index (χ0v) is 12.8. The van der Waals surface area contributed by atoms with E-state index in [0.29, 0.717) is 37.4 Å². The van der Waals surface area contributed by atoms with Crippen LogP contribution in [0.4, 0.5) is 17.3 Å². The molecule has 0 saturated heterocycles. The average Bonchev–Trinajstić information content (AvgIpc) is 2.31. The molecule has 0 aliphatic carbocycles. The van der Waals surface area contributed by atoms with Crippen LogP contribution in [0.15, 0.2) is 24.3 Å². The van der Waals surface area contributed by atoms with E-state index in [4.69, 9.17) is 46.4 Å². The van der Waals surface area contributed by atoms with Gasteiger partial charge in [0.05, 0.1) is 10.0 Å². The predicted octanol–water partition coefficient (Wildman–Crippen LogP) is 5.48. The number of halogens is 4. The molecule has 19 heavy (non-hydrogen) atoms. The molecule has 0 bridgehead atoms. The van der Waals surface area contributed by atoms with E-state index in [0.717, 1.165) is 0 Å². The standard InChI is InChI=1S/C12H9Cl4N3/c1-17-11-9(15)5-10(16)12(19-11)18-8-3-6(13)2-7(14)4-8/h2-5H,1H3,(H2,17,18,19). The lowest BCUT2D eigenvalue weighted by atomic mass is 10.3. The van der Waals surface area contributed by atoms with E-state index in [1.54, 1.807) is 31.3 Å². The number of hydrogen-bond acceptors (Lipinski definition) is 3. The topological polar surface area (TPSA) is 37.0 Å². The minimum absolute atomic E-state index is 0.403. The molecule has 0 radical (unpaired) electrons. The summed E-state index contributed by atoms with van der Waals surface area (Å²) in [7, 11) is 1.72. The molecule has 1 heterocycles. The fourth-order valence-electron chi connectivity index (χ4n) is 1.49. The van der Waals surface area contributed by atoms with Crippen molar-refractivity contribution in [3.05, 3.63) is 44.4 Å². The number of pyridine rings is 1. The van der Waals surface area contributed by atoms with Crippen molar-refractivity contribution >= 4 is 63.7 Å². The van der Waals surface area contributed by atoms with Crippen molar-refractivity contribution in [2.75, 3.05) is 17.7 Å². The van der Waals surface area contributed by atoms with Crippen molar-refractivity contribution in [3.63, 3.8) is 0 Å². The van der Waals surface area contributed by atoms with Crippen LogP contribution in [0.2, 0.25) is 20.1 Å². The molecule has 0 saturated carbocycles. The average molecular weight is 337 g/mol. The number of aromatic nitrogens is 1. The van der Waals surface area contributed by atoms with Gasteiger partial charge in [0.1, 0.15) is 5.82 Å². The van der Waals surface area contributed by atoms with Gasteiger partial charge in [-0.2, -0.15) is 0 Å². The first-order chi connectivity index (χ1) is 8.99. The van der Waals surface area contributed by atoms with Crippen LogP contribution in [-0.4, -0.2) is 12.0 Å². The third-order valence-electron chi connectivity index (χ3n) is 2.29. The Morgan fingerprint density at radius 2 is 1.42 bits per heavy atom. The summed E-state index contributed by atoms with van der Waals surface area (Å²) in [6.07, 6.45) is 0. The molecule has 0 atom stereocenters. The van der Waals surface area contributed by atoms with Crippen LogP contribution in [-0.2, 0) is 0 Å². The molecule has 1 aromatic carbocycles. The fourth-order valence-corrected chi connectivity index (χ4v) is 2.52. The van der Waals surface area contributed by atoms with Gasteiger partial charge in [-0.1, -0.05) is 46.4 Å².